The molecule has 2 aromatic rings. The molecule has 0 radical (unpaired) electrons. The predicted molar refractivity (Wildman–Crippen MR) is 82.9 cm³/mol. The number of aromatic amines is 1. The quantitative estimate of drug-likeness (QED) is 0.885. The lowest BCUT2D eigenvalue weighted by atomic mass is 10.2. The molecule has 0 saturated carbocycles. The van der Waals surface area contributed by atoms with Crippen molar-refractivity contribution in [1.29, 1.82) is 0 Å². The second kappa shape index (κ2) is 5.69. The van der Waals surface area contributed by atoms with Gasteiger partial charge < -0.3 is 15.1 Å². The first-order valence-corrected chi connectivity index (χ1v) is 7.15. The molecule has 0 spiro atoms. The highest BCUT2D eigenvalue weighted by Gasteiger charge is 2.25. The third-order valence-electron chi connectivity index (χ3n) is 3.80. The largest absolute Gasteiger partial charge is 0.355 e. The monoisotopic (exact) mass is 287 g/mol. The van der Waals surface area contributed by atoms with Crippen LogP contribution in [-0.2, 0) is 0 Å². The Kier molecular flexibility index (Phi) is 3.74. The average Bonchev–Trinajstić information content (AvgIpc) is 3.08. The summed E-state index contributed by atoms with van der Waals surface area (Å²) >= 11 is 0. The summed E-state index contributed by atoms with van der Waals surface area (Å²) in [7, 11) is 4.26. The van der Waals surface area contributed by atoms with Gasteiger partial charge in [0.2, 0.25) is 0 Å². The lowest BCUT2D eigenvalue weighted by Gasteiger charge is -2.21. The second-order valence-electron chi connectivity index (χ2n) is 5.60. The van der Waals surface area contributed by atoms with Crippen LogP contribution in [0.4, 0.5) is 17.5 Å². The van der Waals surface area contributed by atoms with Crippen LogP contribution in [0, 0.1) is 6.92 Å². The van der Waals surface area contributed by atoms with E-state index in [0.717, 1.165) is 42.8 Å². The fraction of sp³-hybridized carbons (Fsp3) is 0.500. The molecule has 21 heavy (non-hydrogen) atoms. The Bertz CT molecular complexity index is 593. The van der Waals surface area contributed by atoms with Crippen LogP contribution in [0.5, 0.6) is 0 Å². The van der Waals surface area contributed by atoms with E-state index in [1.165, 1.54) is 0 Å². The molecule has 7 heteroatoms. The van der Waals surface area contributed by atoms with E-state index in [4.69, 9.17) is 0 Å². The molecular formula is C14H21N7. The molecule has 112 valence electrons. The minimum atomic E-state index is 0.586. The molecule has 2 N–H and O–H groups in total. The van der Waals surface area contributed by atoms with Gasteiger partial charge in [-0.15, -0.1) is 0 Å². The summed E-state index contributed by atoms with van der Waals surface area (Å²) in [6, 6.07) is 4.44. The highest BCUT2D eigenvalue weighted by molar-refractivity contribution is 5.56. The van der Waals surface area contributed by atoms with E-state index in [1.54, 1.807) is 6.20 Å². The van der Waals surface area contributed by atoms with Crippen molar-refractivity contribution in [3.8, 4) is 0 Å². The van der Waals surface area contributed by atoms with Crippen molar-refractivity contribution in [3.05, 3.63) is 24.2 Å². The van der Waals surface area contributed by atoms with E-state index in [2.05, 4.69) is 49.4 Å². The van der Waals surface area contributed by atoms with Crippen LogP contribution < -0.4 is 10.2 Å². The highest BCUT2D eigenvalue weighted by atomic mass is 15.3. The maximum Gasteiger partial charge on any atom is 0.153 e. The van der Waals surface area contributed by atoms with E-state index in [9.17, 15) is 0 Å². The number of hydrogen-bond acceptors (Lipinski definition) is 6. The van der Waals surface area contributed by atoms with Crippen molar-refractivity contribution >= 4 is 17.5 Å². The van der Waals surface area contributed by atoms with Crippen LogP contribution in [0.25, 0.3) is 0 Å². The molecule has 1 fully saturated rings. The van der Waals surface area contributed by atoms with Crippen LogP contribution in [0.3, 0.4) is 0 Å². The number of likely N-dealkylation sites (N-methyl/N-ethyl adjacent to an activating group) is 1. The minimum absolute atomic E-state index is 0.586. The summed E-state index contributed by atoms with van der Waals surface area (Å²) < 4.78 is 0. The van der Waals surface area contributed by atoms with Crippen LogP contribution in [0.1, 0.15) is 12.2 Å². The summed E-state index contributed by atoms with van der Waals surface area (Å²) in [4.78, 5) is 13.6. The summed E-state index contributed by atoms with van der Waals surface area (Å²) in [5.41, 5.74) is 0. The number of aromatic nitrogens is 4. The first-order valence-electron chi connectivity index (χ1n) is 7.15. The van der Waals surface area contributed by atoms with Gasteiger partial charge in [0.25, 0.3) is 0 Å². The zero-order valence-corrected chi connectivity index (χ0v) is 12.7. The van der Waals surface area contributed by atoms with Gasteiger partial charge in [-0.05, 0) is 27.4 Å². The van der Waals surface area contributed by atoms with Crippen LogP contribution in [-0.4, -0.2) is 58.3 Å². The van der Waals surface area contributed by atoms with Gasteiger partial charge in [-0.2, -0.15) is 5.10 Å². The average molecular weight is 287 g/mol. The summed E-state index contributed by atoms with van der Waals surface area (Å²) in [5, 5.41) is 10.1. The van der Waals surface area contributed by atoms with Crippen molar-refractivity contribution in [3.63, 3.8) is 0 Å². The van der Waals surface area contributed by atoms with Crippen LogP contribution >= 0.6 is 0 Å². The lowest BCUT2D eigenvalue weighted by Crippen LogP contribution is -2.31. The van der Waals surface area contributed by atoms with Crippen molar-refractivity contribution in [2.45, 2.75) is 19.4 Å². The topological polar surface area (TPSA) is 73.0 Å². The lowest BCUT2D eigenvalue weighted by molar-refractivity contribution is 0.315. The molecule has 7 nitrogen and oxygen atoms in total. The molecule has 1 atom stereocenters. The zero-order chi connectivity index (χ0) is 14.8. The molecule has 1 saturated heterocycles. The summed E-state index contributed by atoms with van der Waals surface area (Å²) in [6.45, 7) is 3.95. The molecule has 0 bridgehead atoms. The van der Waals surface area contributed by atoms with E-state index in [1.807, 2.05) is 19.1 Å². The smallest absolute Gasteiger partial charge is 0.153 e. The SMILES string of the molecule is Cc1nc(Nc2cc[nH]n2)cc(N2CCC(N(C)C)C2)n1. The molecule has 3 rings (SSSR count). The minimum Gasteiger partial charge on any atom is -0.355 e. The van der Waals surface area contributed by atoms with Crippen molar-refractivity contribution in [2.75, 3.05) is 37.4 Å². The zero-order valence-electron chi connectivity index (χ0n) is 12.7. The van der Waals surface area contributed by atoms with Gasteiger partial charge in [0.05, 0.1) is 0 Å². The first-order chi connectivity index (χ1) is 10.1. The normalized spacial score (nSPS) is 18.5. The number of aryl methyl sites for hydroxylation is 1. The Balaban J connectivity index is 1.78. The molecule has 1 aliphatic heterocycles. The Morgan fingerprint density at radius 2 is 2.19 bits per heavy atom. The number of nitrogens with one attached hydrogen (secondary N) is 2. The van der Waals surface area contributed by atoms with Crippen molar-refractivity contribution < 1.29 is 0 Å². The molecular weight excluding hydrogens is 266 g/mol. The maximum absolute atomic E-state index is 4.57. The molecule has 0 amide bonds. The summed E-state index contributed by atoms with van der Waals surface area (Å²) in [6.07, 6.45) is 2.94. The fourth-order valence-corrected chi connectivity index (χ4v) is 2.61. The van der Waals surface area contributed by atoms with Crippen LogP contribution in [0.15, 0.2) is 18.3 Å². The Hall–Kier alpha value is -2.15. The number of hydrogen-bond donors (Lipinski definition) is 2. The van der Waals surface area contributed by atoms with Crippen LogP contribution in [0.2, 0.25) is 0 Å². The second-order valence-corrected chi connectivity index (χ2v) is 5.60. The Morgan fingerprint density at radius 3 is 2.86 bits per heavy atom. The molecule has 1 aliphatic rings. The van der Waals surface area contributed by atoms with Crippen molar-refractivity contribution in [2.24, 2.45) is 0 Å². The highest BCUT2D eigenvalue weighted by Crippen LogP contribution is 2.23. The first kappa shape index (κ1) is 13.8. The molecule has 0 aliphatic carbocycles. The molecule has 3 heterocycles. The van der Waals surface area contributed by atoms with Gasteiger partial charge in [0.15, 0.2) is 5.82 Å². The Morgan fingerprint density at radius 1 is 1.33 bits per heavy atom. The van der Waals surface area contributed by atoms with Crippen molar-refractivity contribution in [1.82, 2.24) is 25.1 Å². The third kappa shape index (κ3) is 3.13. The molecule has 1 unspecified atom stereocenters. The number of anilines is 3. The van der Waals surface area contributed by atoms with Gasteiger partial charge >= 0.3 is 0 Å². The molecule has 0 aromatic carbocycles. The number of H-pyrrole nitrogens is 1. The maximum atomic E-state index is 4.57. The van der Waals surface area contributed by atoms with Gasteiger partial charge in [0.1, 0.15) is 17.5 Å². The van der Waals surface area contributed by atoms with E-state index >= 15 is 0 Å². The standard InChI is InChI=1S/C14H21N7/c1-10-16-13(18-12-4-6-15-19-12)8-14(17-10)21-7-5-11(9-21)20(2)3/h4,6,8,11H,5,7,9H2,1-3H3,(H2,15,16,17,18,19). The fourth-order valence-electron chi connectivity index (χ4n) is 2.61. The third-order valence-corrected chi connectivity index (χ3v) is 3.80. The van der Waals surface area contributed by atoms with E-state index < -0.39 is 0 Å². The summed E-state index contributed by atoms with van der Waals surface area (Å²) in [5.74, 6) is 3.27. The molecule has 2 aromatic heterocycles. The Labute approximate surface area is 124 Å². The predicted octanol–water partition coefficient (Wildman–Crippen LogP) is 1.39. The van der Waals surface area contributed by atoms with Gasteiger partial charge in [-0.3, -0.25) is 5.10 Å². The van der Waals surface area contributed by atoms with E-state index in [-0.39, 0.29) is 0 Å². The van der Waals surface area contributed by atoms with Gasteiger partial charge in [-0.25, -0.2) is 9.97 Å². The number of nitrogens with zero attached hydrogens (tertiary/aromatic N) is 5. The van der Waals surface area contributed by atoms with Gasteiger partial charge in [-0.1, -0.05) is 0 Å². The number of rotatable bonds is 4. The van der Waals surface area contributed by atoms with E-state index in [0.29, 0.717) is 6.04 Å². The van der Waals surface area contributed by atoms with Gasteiger partial charge in [0, 0.05) is 37.5 Å².